The van der Waals surface area contributed by atoms with E-state index in [1.807, 2.05) is 12.1 Å². The van der Waals surface area contributed by atoms with Gasteiger partial charge in [0.25, 0.3) is 0 Å². The van der Waals surface area contributed by atoms with Gasteiger partial charge >= 0.3 is 0 Å². The van der Waals surface area contributed by atoms with Crippen molar-refractivity contribution in [3.8, 4) is 6.07 Å². The largest absolute Gasteiger partial charge is 0.240 e. The van der Waals surface area contributed by atoms with E-state index in [2.05, 4.69) is 9.97 Å². The molecule has 1 aromatic heterocycles. The van der Waals surface area contributed by atoms with E-state index in [1.54, 1.807) is 6.07 Å². The van der Waals surface area contributed by atoms with Gasteiger partial charge < -0.3 is 0 Å². The monoisotopic (exact) mass is 261 g/mol. The van der Waals surface area contributed by atoms with E-state index in [9.17, 15) is 4.39 Å². The van der Waals surface area contributed by atoms with Crippen LogP contribution < -0.4 is 0 Å². The molecule has 0 saturated carbocycles. The van der Waals surface area contributed by atoms with Crippen LogP contribution in [0.5, 0.6) is 0 Å². The highest BCUT2D eigenvalue weighted by Crippen LogP contribution is 2.12. The summed E-state index contributed by atoms with van der Waals surface area (Å²) < 4.78 is 13.0. The van der Waals surface area contributed by atoms with Crippen molar-refractivity contribution < 1.29 is 4.39 Å². The molecule has 1 aromatic carbocycles. The first kappa shape index (κ1) is 12.5. The Morgan fingerprint density at radius 1 is 1.33 bits per heavy atom. The number of nitriles is 1. The third-order valence-electron chi connectivity index (χ3n) is 2.44. The molecule has 90 valence electrons. The third kappa shape index (κ3) is 3.02. The summed E-state index contributed by atoms with van der Waals surface area (Å²) >= 11 is 5.80. The van der Waals surface area contributed by atoms with E-state index >= 15 is 0 Å². The SMILES string of the molecule is N#Cc1cnc(CCc2cccc(F)c2)nc1Cl. The van der Waals surface area contributed by atoms with E-state index in [-0.39, 0.29) is 16.5 Å². The van der Waals surface area contributed by atoms with Crippen LogP contribution in [0.25, 0.3) is 0 Å². The molecule has 0 fully saturated rings. The van der Waals surface area contributed by atoms with Crippen molar-refractivity contribution in [3.05, 3.63) is 58.4 Å². The average Bonchev–Trinajstić information content (AvgIpc) is 2.37. The van der Waals surface area contributed by atoms with Gasteiger partial charge in [0.1, 0.15) is 23.3 Å². The smallest absolute Gasteiger partial charge is 0.150 e. The number of aryl methyl sites for hydroxylation is 2. The Labute approximate surface area is 109 Å². The minimum absolute atomic E-state index is 0.154. The lowest BCUT2D eigenvalue weighted by atomic mass is 10.1. The van der Waals surface area contributed by atoms with Gasteiger partial charge in [-0.25, -0.2) is 14.4 Å². The standard InChI is InChI=1S/C13H9ClFN3/c14-13-10(7-16)8-17-12(18-13)5-4-9-2-1-3-11(15)6-9/h1-3,6,8H,4-5H2. The molecule has 3 nitrogen and oxygen atoms in total. The zero-order valence-electron chi connectivity index (χ0n) is 9.40. The Morgan fingerprint density at radius 2 is 2.17 bits per heavy atom. The number of benzene rings is 1. The first-order valence-corrected chi connectivity index (χ1v) is 5.73. The highest BCUT2D eigenvalue weighted by atomic mass is 35.5. The van der Waals surface area contributed by atoms with Gasteiger partial charge in [-0.05, 0) is 24.1 Å². The Hall–Kier alpha value is -1.99. The zero-order valence-corrected chi connectivity index (χ0v) is 10.2. The molecule has 5 heteroatoms. The molecule has 2 aromatic rings. The molecule has 0 atom stereocenters. The van der Waals surface area contributed by atoms with Crippen LogP contribution in [0.15, 0.2) is 30.5 Å². The third-order valence-corrected chi connectivity index (χ3v) is 2.73. The lowest BCUT2D eigenvalue weighted by Crippen LogP contribution is -1.99. The minimum atomic E-state index is -0.258. The first-order chi connectivity index (χ1) is 8.69. The second-order valence-corrected chi connectivity index (χ2v) is 4.09. The van der Waals surface area contributed by atoms with Gasteiger partial charge in [0, 0.05) is 12.6 Å². The second kappa shape index (κ2) is 5.56. The molecule has 1 heterocycles. The highest BCUT2D eigenvalue weighted by Gasteiger charge is 2.05. The van der Waals surface area contributed by atoms with Crippen molar-refractivity contribution >= 4 is 11.6 Å². The Bertz CT molecular complexity index is 607. The fraction of sp³-hybridized carbons (Fsp3) is 0.154. The van der Waals surface area contributed by atoms with E-state index in [1.165, 1.54) is 18.3 Å². The maximum absolute atomic E-state index is 13.0. The summed E-state index contributed by atoms with van der Waals surface area (Å²) in [4.78, 5) is 8.06. The Kier molecular flexibility index (Phi) is 3.85. The molecule has 0 unspecified atom stereocenters. The average molecular weight is 262 g/mol. The molecule has 0 amide bonds. The summed E-state index contributed by atoms with van der Waals surface area (Å²) in [5.41, 5.74) is 1.13. The van der Waals surface area contributed by atoms with Crippen molar-refractivity contribution in [1.82, 2.24) is 9.97 Å². The van der Waals surface area contributed by atoms with Crippen molar-refractivity contribution in [3.63, 3.8) is 0 Å². The number of rotatable bonds is 3. The molecule has 0 radical (unpaired) electrons. The van der Waals surface area contributed by atoms with Gasteiger partial charge in [0.15, 0.2) is 5.15 Å². The van der Waals surface area contributed by atoms with Crippen LogP contribution in [0.1, 0.15) is 17.0 Å². The second-order valence-electron chi connectivity index (χ2n) is 3.73. The fourth-order valence-electron chi connectivity index (χ4n) is 1.54. The Morgan fingerprint density at radius 3 is 2.83 bits per heavy atom. The summed E-state index contributed by atoms with van der Waals surface area (Å²) in [6.07, 6.45) is 2.57. The van der Waals surface area contributed by atoms with Crippen LogP contribution in [0, 0.1) is 17.1 Å². The van der Waals surface area contributed by atoms with E-state index in [4.69, 9.17) is 16.9 Å². The number of nitrogens with zero attached hydrogens (tertiary/aromatic N) is 3. The van der Waals surface area contributed by atoms with Crippen molar-refractivity contribution in [2.24, 2.45) is 0 Å². The molecule has 0 aliphatic rings. The normalized spacial score (nSPS) is 10.1. The van der Waals surface area contributed by atoms with Crippen molar-refractivity contribution in [1.29, 1.82) is 5.26 Å². The molecular weight excluding hydrogens is 253 g/mol. The van der Waals surface area contributed by atoms with Gasteiger partial charge in [0.05, 0.1) is 0 Å². The number of hydrogen-bond acceptors (Lipinski definition) is 3. The quantitative estimate of drug-likeness (QED) is 0.798. The molecule has 0 aliphatic heterocycles. The first-order valence-electron chi connectivity index (χ1n) is 5.35. The molecule has 0 saturated heterocycles. The van der Waals surface area contributed by atoms with E-state index in [0.29, 0.717) is 18.7 Å². The maximum Gasteiger partial charge on any atom is 0.150 e. The summed E-state index contributed by atoms with van der Waals surface area (Å²) in [5, 5.41) is 8.85. The van der Waals surface area contributed by atoms with Gasteiger partial charge in [0.2, 0.25) is 0 Å². The predicted octanol–water partition coefficient (Wildman–Crippen LogP) is 2.93. The van der Waals surface area contributed by atoms with Gasteiger partial charge in [-0.15, -0.1) is 0 Å². The topological polar surface area (TPSA) is 49.6 Å². The van der Waals surface area contributed by atoms with Crippen LogP contribution in [0.4, 0.5) is 4.39 Å². The van der Waals surface area contributed by atoms with Crippen LogP contribution in [0.3, 0.4) is 0 Å². The van der Waals surface area contributed by atoms with Crippen molar-refractivity contribution in [2.75, 3.05) is 0 Å². The number of aromatic nitrogens is 2. The zero-order chi connectivity index (χ0) is 13.0. The van der Waals surface area contributed by atoms with Crippen LogP contribution in [-0.4, -0.2) is 9.97 Å². The number of hydrogen-bond donors (Lipinski definition) is 0. The molecule has 2 rings (SSSR count). The molecule has 0 spiro atoms. The lowest BCUT2D eigenvalue weighted by molar-refractivity contribution is 0.625. The predicted molar refractivity (Wildman–Crippen MR) is 65.6 cm³/mol. The minimum Gasteiger partial charge on any atom is -0.240 e. The molecule has 0 aliphatic carbocycles. The molecule has 0 N–H and O–H groups in total. The maximum atomic E-state index is 13.0. The summed E-state index contributed by atoms with van der Waals surface area (Å²) in [5.74, 6) is 0.287. The lowest BCUT2D eigenvalue weighted by Gasteiger charge is -2.02. The van der Waals surface area contributed by atoms with Crippen LogP contribution >= 0.6 is 11.6 Å². The summed E-state index contributed by atoms with van der Waals surface area (Å²) in [7, 11) is 0. The molecule has 0 bridgehead atoms. The summed E-state index contributed by atoms with van der Waals surface area (Å²) in [6, 6.07) is 8.28. The molecule has 18 heavy (non-hydrogen) atoms. The van der Waals surface area contributed by atoms with Crippen molar-refractivity contribution in [2.45, 2.75) is 12.8 Å². The summed E-state index contributed by atoms with van der Waals surface area (Å²) in [6.45, 7) is 0. The van der Waals surface area contributed by atoms with Gasteiger partial charge in [-0.2, -0.15) is 5.26 Å². The van der Waals surface area contributed by atoms with E-state index < -0.39 is 0 Å². The van der Waals surface area contributed by atoms with Crippen LogP contribution in [0.2, 0.25) is 5.15 Å². The van der Waals surface area contributed by atoms with Gasteiger partial charge in [-0.3, -0.25) is 0 Å². The highest BCUT2D eigenvalue weighted by molar-refractivity contribution is 6.30. The fourth-order valence-corrected chi connectivity index (χ4v) is 1.73. The van der Waals surface area contributed by atoms with E-state index in [0.717, 1.165) is 5.56 Å². The Balaban J connectivity index is 2.07. The number of halogens is 2. The van der Waals surface area contributed by atoms with Crippen LogP contribution in [-0.2, 0) is 12.8 Å². The van der Waals surface area contributed by atoms with Gasteiger partial charge in [-0.1, -0.05) is 23.7 Å². The molecular formula is C13H9ClFN3.